The molecule has 19 heavy (non-hydrogen) atoms. The molecule has 1 aromatic heterocycles. The van der Waals surface area contributed by atoms with Gasteiger partial charge in [-0.3, -0.25) is 4.90 Å². The fourth-order valence-corrected chi connectivity index (χ4v) is 2.69. The van der Waals surface area contributed by atoms with Crippen molar-refractivity contribution >= 4 is 15.9 Å². The third-order valence-electron chi connectivity index (χ3n) is 3.06. The minimum Gasteiger partial charge on any atom is -0.468 e. The summed E-state index contributed by atoms with van der Waals surface area (Å²) in [6, 6.07) is 8.44. The van der Waals surface area contributed by atoms with Crippen LogP contribution in [0.1, 0.15) is 17.4 Å². The van der Waals surface area contributed by atoms with Gasteiger partial charge in [0, 0.05) is 17.1 Å². The average Bonchev–Trinajstić information content (AvgIpc) is 2.85. The number of benzene rings is 1. The van der Waals surface area contributed by atoms with Crippen LogP contribution in [-0.2, 0) is 6.54 Å². The molecule has 0 aliphatic carbocycles. The van der Waals surface area contributed by atoms with E-state index in [1.54, 1.807) is 12.3 Å². The highest BCUT2D eigenvalue weighted by Crippen LogP contribution is 2.28. The minimum atomic E-state index is -0.264. The van der Waals surface area contributed by atoms with E-state index in [0.29, 0.717) is 13.1 Å². The van der Waals surface area contributed by atoms with E-state index < -0.39 is 0 Å². The number of nitrogens with two attached hydrogens (primary N) is 1. The van der Waals surface area contributed by atoms with Crippen molar-refractivity contribution in [1.29, 1.82) is 0 Å². The third-order valence-corrected chi connectivity index (χ3v) is 3.75. The number of rotatable bonds is 5. The number of hydrogen-bond donors (Lipinski definition) is 1. The van der Waals surface area contributed by atoms with Gasteiger partial charge < -0.3 is 10.2 Å². The Kier molecular flexibility index (Phi) is 4.74. The Labute approximate surface area is 120 Å². The lowest BCUT2D eigenvalue weighted by Gasteiger charge is -2.27. The molecule has 0 saturated heterocycles. The zero-order valence-corrected chi connectivity index (χ0v) is 12.2. The SMILES string of the molecule is CN(Cc1ccco1)C(CN)c1ccc(F)cc1Br. The third kappa shape index (κ3) is 3.43. The first-order valence-electron chi connectivity index (χ1n) is 5.99. The quantitative estimate of drug-likeness (QED) is 0.916. The maximum Gasteiger partial charge on any atom is 0.124 e. The molecule has 1 heterocycles. The molecule has 1 atom stereocenters. The van der Waals surface area contributed by atoms with E-state index in [-0.39, 0.29) is 11.9 Å². The summed E-state index contributed by atoms with van der Waals surface area (Å²) in [5, 5.41) is 0. The van der Waals surface area contributed by atoms with Crippen molar-refractivity contribution in [3.8, 4) is 0 Å². The minimum absolute atomic E-state index is 0.0000694. The van der Waals surface area contributed by atoms with Crippen molar-refractivity contribution < 1.29 is 8.81 Å². The molecule has 0 aliphatic rings. The normalized spacial score (nSPS) is 12.9. The van der Waals surface area contributed by atoms with E-state index in [2.05, 4.69) is 20.8 Å². The van der Waals surface area contributed by atoms with Crippen LogP contribution in [0.5, 0.6) is 0 Å². The van der Waals surface area contributed by atoms with E-state index in [9.17, 15) is 4.39 Å². The van der Waals surface area contributed by atoms with E-state index in [4.69, 9.17) is 10.2 Å². The second-order valence-electron chi connectivity index (χ2n) is 4.41. The van der Waals surface area contributed by atoms with E-state index >= 15 is 0 Å². The Hall–Kier alpha value is -1.17. The molecule has 3 nitrogen and oxygen atoms in total. The van der Waals surface area contributed by atoms with Crippen molar-refractivity contribution in [2.75, 3.05) is 13.6 Å². The zero-order chi connectivity index (χ0) is 13.8. The predicted octanol–water partition coefficient (Wildman–Crippen LogP) is 3.31. The highest BCUT2D eigenvalue weighted by Gasteiger charge is 2.19. The first-order chi connectivity index (χ1) is 9.11. The molecule has 1 aromatic carbocycles. The van der Waals surface area contributed by atoms with Crippen LogP contribution in [0.25, 0.3) is 0 Å². The molecule has 0 aliphatic heterocycles. The maximum atomic E-state index is 13.1. The van der Waals surface area contributed by atoms with Gasteiger partial charge in [0.25, 0.3) is 0 Å². The van der Waals surface area contributed by atoms with Gasteiger partial charge in [0.2, 0.25) is 0 Å². The molecule has 5 heteroatoms. The average molecular weight is 327 g/mol. The van der Waals surface area contributed by atoms with E-state index in [0.717, 1.165) is 15.8 Å². The van der Waals surface area contributed by atoms with E-state index in [1.165, 1.54) is 12.1 Å². The highest BCUT2D eigenvalue weighted by molar-refractivity contribution is 9.10. The van der Waals surface area contributed by atoms with Crippen molar-refractivity contribution in [1.82, 2.24) is 4.90 Å². The molecular weight excluding hydrogens is 311 g/mol. The van der Waals surface area contributed by atoms with Crippen molar-refractivity contribution in [3.63, 3.8) is 0 Å². The second-order valence-corrected chi connectivity index (χ2v) is 5.27. The zero-order valence-electron chi connectivity index (χ0n) is 10.6. The highest BCUT2D eigenvalue weighted by atomic mass is 79.9. The molecule has 0 radical (unpaired) electrons. The lowest BCUT2D eigenvalue weighted by molar-refractivity contribution is 0.222. The van der Waals surface area contributed by atoms with Gasteiger partial charge in [0.15, 0.2) is 0 Å². The molecule has 0 bridgehead atoms. The van der Waals surface area contributed by atoms with Crippen molar-refractivity contribution in [2.24, 2.45) is 5.73 Å². The number of halogens is 2. The van der Waals surface area contributed by atoms with Crippen LogP contribution in [0.15, 0.2) is 45.5 Å². The molecule has 0 fully saturated rings. The van der Waals surface area contributed by atoms with Gasteiger partial charge in [-0.25, -0.2) is 4.39 Å². The summed E-state index contributed by atoms with van der Waals surface area (Å²) in [5.74, 6) is 0.610. The Morgan fingerprint density at radius 1 is 1.42 bits per heavy atom. The first kappa shape index (κ1) is 14.2. The fourth-order valence-electron chi connectivity index (χ4n) is 2.07. The molecule has 0 saturated carbocycles. The number of furan rings is 1. The Balaban J connectivity index is 2.18. The molecule has 0 amide bonds. The molecular formula is C14H16BrFN2O. The van der Waals surface area contributed by atoms with Crippen LogP contribution in [0.3, 0.4) is 0 Å². The summed E-state index contributed by atoms with van der Waals surface area (Å²) >= 11 is 3.39. The van der Waals surface area contributed by atoms with Crippen LogP contribution < -0.4 is 5.73 Å². The van der Waals surface area contributed by atoms with Gasteiger partial charge in [-0.1, -0.05) is 22.0 Å². The Morgan fingerprint density at radius 3 is 2.79 bits per heavy atom. The second kappa shape index (κ2) is 6.32. The summed E-state index contributed by atoms with van der Waals surface area (Å²) in [5.41, 5.74) is 6.83. The lowest BCUT2D eigenvalue weighted by Crippen LogP contribution is -2.30. The van der Waals surface area contributed by atoms with Gasteiger partial charge in [0.05, 0.1) is 12.8 Å². The fraction of sp³-hybridized carbons (Fsp3) is 0.286. The van der Waals surface area contributed by atoms with Crippen LogP contribution in [0, 0.1) is 5.82 Å². The van der Waals surface area contributed by atoms with Crippen LogP contribution >= 0.6 is 15.9 Å². The molecule has 2 aromatic rings. The molecule has 1 unspecified atom stereocenters. The summed E-state index contributed by atoms with van der Waals surface area (Å²) in [6.45, 7) is 1.10. The van der Waals surface area contributed by atoms with Gasteiger partial charge in [-0.15, -0.1) is 0 Å². The van der Waals surface area contributed by atoms with Gasteiger partial charge in [-0.05, 0) is 36.9 Å². The molecule has 102 valence electrons. The molecule has 2 rings (SSSR count). The summed E-state index contributed by atoms with van der Waals surface area (Å²) in [4.78, 5) is 2.08. The topological polar surface area (TPSA) is 42.4 Å². The van der Waals surface area contributed by atoms with Crippen LogP contribution in [0.2, 0.25) is 0 Å². The number of nitrogens with zero attached hydrogens (tertiary/aromatic N) is 1. The van der Waals surface area contributed by atoms with Crippen molar-refractivity contribution in [3.05, 3.63) is 58.2 Å². The predicted molar refractivity (Wildman–Crippen MR) is 76.1 cm³/mol. The van der Waals surface area contributed by atoms with Gasteiger partial charge in [0.1, 0.15) is 11.6 Å². The molecule has 0 spiro atoms. The Bertz CT molecular complexity index is 530. The summed E-state index contributed by atoms with van der Waals surface area (Å²) in [7, 11) is 1.97. The largest absolute Gasteiger partial charge is 0.468 e. The van der Waals surface area contributed by atoms with Crippen molar-refractivity contribution in [2.45, 2.75) is 12.6 Å². The monoisotopic (exact) mass is 326 g/mol. The molecule has 2 N–H and O–H groups in total. The summed E-state index contributed by atoms with van der Waals surface area (Å²) < 4.78 is 19.2. The van der Waals surface area contributed by atoms with Gasteiger partial charge >= 0.3 is 0 Å². The number of hydrogen-bond acceptors (Lipinski definition) is 3. The smallest absolute Gasteiger partial charge is 0.124 e. The van der Waals surface area contributed by atoms with E-state index in [1.807, 2.05) is 19.2 Å². The van der Waals surface area contributed by atoms with Crippen LogP contribution in [0.4, 0.5) is 4.39 Å². The Morgan fingerprint density at radius 2 is 2.21 bits per heavy atom. The number of likely N-dealkylation sites (N-methyl/N-ethyl adjacent to an activating group) is 1. The first-order valence-corrected chi connectivity index (χ1v) is 6.78. The van der Waals surface area contributed by atoms with Gasteiger partial charge in [-0.2, -0.15) is 0 Å². The maximum absolute atomic E-state index is 13.1. The van der Waals surface area contributed by atoms with Crippen LogP contribution in [-0.4, -0.2) is 18.5 Å². The summed E-state index contributed by atoms with van der Waals surface area (Å²) in [6.07, 6.45) is 1.65. The lowest BCUT2D eigenvalue weighted by atomic mass is 10.1. The standard InChI is InChI=1S/C14H16BrFN2O/c1-18(9-11-3-2-6-19-11)14(8-17)12-5-4-10(16)7-13(12)15/h2-7,14H,8-9,17H2,1H3.